The van der Waals surface area contributed by atoms with Crippen molar-refractivity contribution in [1.82, 2.24) is 14.9 Å². The molecule has 10 nitrogen and oxygen atoms in total. The summed E-state index contributed by atoms with van der Waals surface area (Å²) in [7, 11) is -1.06. The Morgan fingerprint density at radius 2 is 1.71 bits per heavy atom. The number of hydrogen-bond donors (Lipinski definition) is 1. The molecule has 1 atom stereocenters. The minimum Gasteiger partial charge on any atom is -0.459 e. The minimum atomic E-state index is -3.58. The summed E-state index contributed by atoms with van der Waals surface area (Å²) in [5.41, 5.74) is 0.890. The second kappa shape index (κ2) is 12.5. The van der Waals surface area contributed by atoms with Gasteiger partial charge in [0, 0.05) is 20.6 Å². The third kappa shape index (κ3) is 7.94. The number of halogens is 2. The first kappa shape index (κ1) is 29.9. The number of ether oxygens (including phenoxy) is 2. The molecule has 0 unspecified atom stereocenters. The van der Waals surface area contributed by atoms with E-state index in [0.29, 0.717) is 11.0 Å². The normalized spacial score (nSPS) is 12.8. The number of nitrogens with one attached hydrogen (secondary N) is 1. The topological polar surface area (TPSA) is 118 Å². The Morgan fingerprint density at radius 1 is 1.08 bits per heavy atom. The first-order valence-electron chi connectivity index (χ1n) is 11.6. The molecule has 0 spiro atoms. The van der Waals surface area contributed by atoms with Gasteiger partial charge in [0.15, 0.2) is 0 Å². The van der Waals surface area contributed by atoms with Crippen LogP contribution in [0.3, 0.4) is 0 Å². The molecule has 1 amide bonds. The van der Waals surface area contributed by atoms with E-state index in [4.69, 9.17) is 41.7 Å². The molecule has 0 fully saturated rings. The molecule has 3 aromatic rings. The van der Waals surface area contributed by atoms with E-state index in [0.717, 1.165) is 5.56 Å². The second-order valence-electron chi connectivity index (χ2n) is 9.32. The maximum absolute atomic E-state index is 13.2. The molecule has 206 valence electrons. The molecule has 1 heterocycles. The zero-order valence-corrected chi connectivity index (χ0v) is 24.1. The maximum Gasteiger partial charge on any atom is 0.408 e. The number of rotatable bonds is 10. The molecule has 0 saturated heterocycles. The Balaban J connectivity index is 1.99. The Bertz CT molecular complexity index is 1330. The Labute approximate surface area is 231 Å². The van der Waals surface area contributed by atoms with Gasteiger partial charge in [-0.2, -0.15) is 0 Å². The van der Waals surface area contributed by atoms with Crippen molar-refractivity contribution in [3.8, 4) is 0 Å². The van der Waals surface area contributed by atoms with Crippen LogP contribution in [0.4, 0.5) is 4.79 Å². The molecule has 0 bridgehead atoms. The first-order chi connectivity index (χ1) is 17.8. The van der Waals surface area contributed by atoms with E-state index in [2.05, 4.69) is 10.3 Å². The van der Waals surface area contributed by atoms with E-state index in [1.807, 2.05) is 30.3 Å². The molecule has 3 rings (SSSR count). The Hall–Kier alpha value is -2.62. The van der Waals surface area contributed by atoms with Crippen LogP contribution in [0.1, 0.15) is 32.2 Å². The average Bonchev–Trinajstić information content (AvgIpc) is 3.16. The van der Waals surface area contributed by atoms with Crippen molar-refractivity contribution in [2.45, 2.75) is 51.7 Å². The maximum atomic E-state index is 13.2. The molecule has 13 heteroatoms. The van der Waals surface area contributed by atoms with Crippen LogP contribution >= 0.6 is 30.8 Å². The molecular formula is C25H30Cl2N3O7P. The van der Waals surface area contributed by atoms with Crippen molar-refractivity contribution in [3.05, 3.63) is 63.9 Å². The van der Waals surface area contributed by atoms with E-state index in [-0.39, 0.29) is 35.2 Å². The number of amides is 1. The van der Waals surface area contributed by atoms with E-state index < -0.39 is 31.3 Å². The highest BCUT2D eigenvalue weighted by Gasteiger charge is 2.31. The molecule has 0 saturated carbocycles. The van der Waals surface area contributed by atoms with Gasteiger partial charge in [-0.1, -0.05) is 53.5 Å². The monoisotopic (exact) mass is 585 g/mol. The predicted octanol–water partition coefficient (Wildman–Crippen LogP) is 5.97. The highest BCUT2D eigenvalue weighted by molar-refractivity contribution is 7.52. The van der Waals surface area contributed by atoms with E-state index >= 15 is 0 Å². The fraction of sp³-hybridized carbons (Fsp3) is 0.400. The van der Waals surface area contributed by atoms with Gasteiger partial charge in [-0.3, -0.25) is 4.57 Å². The van der Waals surface area contributed by atoms with Gasteiger partial charge in [-0.05, 0) is 38.5 Å². The van der Waals surface area contributed by atoms with Crippen LogP contribution in [0.5, 0.6) is 0 Å². The van der Waals surface area contributed by atoms with Gasteiger partial charge < -0.3 is 28.4 Å². The van der Waals surface area contributed by atoms with Gasteiger partial charge >= 0.3 is 19.7 Å². The summed E-state index contributed by atoms with van der Waals surface area (Å²) in [6, 6.07) is 11.0. The lowest BCUT2D eigenvalue weighted by atomic mass is 10.2. The number of fused-ring (bicyclic) bond motifs is 1. The zero-order chi connectivity index (χ0) is 28.1. The van der Waals surface area contributed by atoms with Gasteiger partial charge in [0.2, 0.25) is 0 Å². The molecule has 1 N–H and O–H groups in total. The number of benzene rings is 2. The van der Waals surface area contributed by atoms with Crippen molar-refractivity contribution in [1.29, 1.82) is 0 Å². The van der Waals surface area contributed by atoms with Crippen molar-refractivity contribution < 1.29 is 32.7 Å². The Morgan fingerprint density at radius 3 is 2.32 bits per heavy atom. The SMILES string of the molecule is COP(=O)(Cn1c(C[C@H](NC(=O)OC(C)(C)C)C(=O)OCc2ccccc2)nc2cc(Cl)c(Cl)cc21)OC. The van der Waals surface area contributed by atoms with Crippen LogP contribution in [0, 0.1) is 0 Å². The molecule has 2 aromatic carbocycles. The number of hydrogen-bond acceptors (Lipinski definition) is 8. The summed E-state index contributed by atoms with van der Waals surface area (Å²) in [5.74, 6) is -0.429. The summed E-state index contributed by atoms with van der Waals surface area (Å²) >= 11 is 12.4. The van der Waals surface area contributed by atoms with Crippen molar-refractivity contribution >= 4 is 53.9 Å². The summed E-state index contributed by atoms with van der Waals surface area (Å²) in [4.78, 5) is 30.4. The number of imidazole rings is 1. The largest absolute Gasteiger partial charge is 0.459 e. The molecule has 0 radical (unpaired) electrons. The fourth-order valence-corrected chi connectivity index (χ4v) is 4.86. The number of carbonyl (C=O) groups excluding carboxylic acids is 2. The average molecular weight is 586 g/mol. The number of carbonyl (C=O) groups is 2. The molecule has 0 aliphatic carbocycles. The summed E-state index contributed by atoms with van der Waals surface area (Å²) in [6.07, 6.45) is -1.18. The van der Waals surface area contributed by atoms with Gasteiger partial charge in [0.25, 0.3) is 0 Å². The van der Waals surface area contributed by atoms with Crippen molar-refractivity contribution in [2.24, 2.45) is 0 Å². The minimum absolute atomic E-state index is 0.00362. The third-order valence-electron chi connectivity index (χ3n) is 5.33. The number of esters is 1. The van der Waals surface area contributed by atoms with Gasteiger partial charge in [-0.15, -0.1) is 0 Å². The van der Waals surface area contributed by atoms with Crippen LogP contribution < -0.4 is 5.32 Å². The van der Waals surface area contributed by atoms with E-state index in [9.17, 15) is 14.2 Å². The second-order valence-corrected chi connectivity index (χ2v) is 12.4. The lowest BCUT2D eigenvalue weighted by Gasteiger charge is -2.23. The van der Waals surface area contributed by atoms with Crippen LogP contribution in [-0.4, -0.2) is 47.5 Å². The lowest BCUT2D eigenvalue weighted by Crippen LogP contribution is -2.45. The molecule has 0 aliphatic heterocycles. The highest BCUT2D eigenvalue weighted by atomic mass is 35.5. The lowest BCUT2D eigenvalue weighted by molar-refractivity contribution is -0.147. The standard InChI is InChI=1S/C25H30Cl2N3O7P/c1-25(2,3)37-24(32)29-20(23(31)36-14-16-9-7-6-8-10-16)13-22-28-19-11-17(26)18(27)12-21(19)30(22)15-38(33,34-4)35-5/h6-12,20H,13-15H2,1-5H3,(H,29,32)/t20-/m0/s1. The number of alkyl carbamates (subject to hydrolysis) is 1. The van der Waals surface area contributed by atoms with Crippen LogP contribution in [0.25, 0.3) is 11.0 Å². The van der Waals surface area contributed by atoms with Crippen LogP contribution in [0.2, 0.25) is 10.0 Å². The van der Waals surface area contributed by atoms with Gasteiger partial charge in [0.1, 0.15) is 30.4 Å². The third-order valence-corrected chi connectivity index (χ3v) is 7.79. The summed E-state index contributed by atoms with van der Waals surface area (Å²) < 4.78 is 35.7. The Kier molecular flexibility index (Phi) is 9.84. The smallest absolute Gasteiger partial charge is 0.408 e. The molecule has 0 aliphatic rings. The first-order valence-corrected chi connectivity index (χ1v) is 14.1. The van der Waals surface area contributed by atoms with Crippen LogP contribution in [-0.2, 0) is 47.2 Å². The van der Waals surface area contributed by atoms with Crippen molar-refractivity contribution in [3.63, 3.8) is 0 Å². The van der Waals surface area contributed by atoms with Crippen molar-refractivity contribution in [2.75, 3.05) is 14.2 Å². The fourth-order valence-electron chi connectivity index (χ4n) is 3.50. The summed E-state index contributed by atoms with van der Waals surface area (Å²) in [6.45, 7) is 5.11. The molecule has 38 heavy (non-hydrogen) atoms. The van der Waals surface area contributed by atoms with Gasteiger partial charge in [0.05, 0.1) is 21.1 Å². The van der Waals surface area contributed by atoms with E-state index in [1.165, 1.54) is 14.2 Å². The highest BCUT2D eigenvalue weighted by Crippen LogP contribution is 2.49. The molecule has 1 aromatic heterocycles. The quantitative estimate of drug-likeness (QED) is 0.228. The molecular weight excluding hydrogens is 556 g/mol. The summed E-state index contributed by atoms with van der Waals surface area (Å²) in [5, 5.41) is 3.09. The van der Waals surface area contributed by atoms with Gasteiger partial charge in [-0.25, -0.2) is 14.6 Å². The predicted molar refractivity (Wildman–Crippen MR) is 144 cm³/mol. The zero-order valence-electron chi connectivity index (χ0n) is 21.7. The number of nitrogens with zero attached hydrogens (tertiary/aromatic N) is 2. The van der Waals surface area contributed by atoms with E-state index in [1.54, 1.807) is 37.5 Å². The number of aromatic nitrogens is 2. The van der Waals surface area contributed by atoms with Crippen LogP contribution in [0.15, 0.2) is 42.5 Å².